The predicted molar refractivity (Wildman–Crippen MR) is 80.4 cm³/mol. The van der Waals surface area contributed by atoms with E-state index in [4.69, 9.17) is 0 Å². The molecule has 0 bridgehead atoms. The number of carbonyl (C=O) groups is 1. The minimum atomic E-state index is -0.00251. The van der Waals surface area contributed by atoms with Crippen LogP contribution >= 0.6 is 0 Å². The first-order valence-electron chi connectivity index (χ1n) is 7.52. The number of rotatable bonds is 2. The molecule has 7 heteroatoms. The molecule has 116 valence electrons. The summed E-state index contributed by atoms with van der Waals surface area (Å²) in [5, 5.41) is 4.46. The summed E-state index contributed by atoms with van der Waals surface area (Å²) < 4.78 is 1.95. The standard InChI is InChI=1S/C15H20N6O/c1-10-14(7-16-9-17-10)15(22)20-6-4-5-13(8-20)21-12(3)18-11(2)19-21/h7,9,13H,4-6,8H2,1-3H3/t13-/m1/s1. The fourth-order valence-electron chi connectivity index (χ4n) is 2.99. The van der Waals surface area contributed by atoms with Crippen LogP contribution < -0.4 is 0 Å². The van der Waals surface area contributed by atoms with Crippen LogP contribution in [0.2, 0.25) is 0 Å². The van der Waals surface area contributed by atoms with Gasteiger partial charge in [-0.05, 0) is 33.6 Å². The molecule has 0 saturated carbocycles. The van der Waals surface area contributed by atoms with Gasteiger partial charge in [0.25, 0.3) is 5.91 Å². The van der Waals surface area contributed by atoms with Gasteiger partial charge in [0.15, 0.2) is 0 Å². The maximum atomic E-state index is 12.7. The van der Waals surface area contributed by atoms with Crippen LogP contribution in [-0.4, -0.2) is 48.6 Å². The van der Waals surface area contributed by atoms with E-state index in [1.807, 2.05) is 30.4 Å². The highest BCUT2D eigenvalue weighted by Gasteiger charge is 2.28. The van der Waals surface area contributed by atoms with Crippen LogP contribution in [0.15, 0.2) is 12.5 Å². The molecule has 0 aliphatic carbocycles. The Morgan fingerprint density at radius 3 is 2.82 bits per heavy atom. The summed E-state index contributed by atoms with van der Waals surface area (Å²) >= 11 is 0. The number of hydrogen-bond acceptors (Lipinski definition) is 5. The number of aryl methyl sites for hydroxylation is 3. The third kappa shape index (κ3) is 2.70. The van der Waals surface area contributed by atoms with E-state index < -0.39 is 0 Å². The Hall–Kier alpha value is -2.31. The van der Waals surface area contributed by atoms with Gasteiger partial charge in [0, 0.05) is 19.3 Å². The van der Waals surface area contributed by atoms with Crippen molar-refractivity contribution < 1.29 is 4.79 Å². The van der Waals surface area contributed by atoms with Crippen molar-refractivity contribution in [3.05, 3.63) is 35.4 Å². The molecule has 7 nitrogen and oxygen atoms in total. The molecule has 0 spiro atoms. The fraction of sp³-hybridized carbons (Fsp3) is 0.533. The molecule has 1 amide bonds. The second-order valence-corrected chi connectivity index (χ2v) is 5.72. The van der Waals surface area contributed by atoms with Gasteiger partial charge in [0.2, 0.25) is 0 Å². The first-order chi connectivity index (χ1) is 10.6. The quantitative estimate of drug-likeness (QED) is 0.839. The van der Waals surface area contributed by atoms with Gasteiger partial charge in [0.1, 0.15) is 18.0 Å². The zero-order chi connectivity index (χ0) is 15.7. The number of nitrogens with zero attached hydrogens (tertiary/aromatic N) is 6. The Morgan fingerprint density at radius 1 is 1.32 bits per heavy atom. The summed E-state index contributed by atoms with van der Waals surface area (Å²) in [5.74, 6) is 1.67. The van der Waals surface area contributed by atoms with Crippen molar-refractivity contribution in [1.29, 1.82) is 0 Å². The van der Waals surface area contributed by atoms with Gasteiger partial charge >= 0.3 is 0 Å². The molecule has 2 aromatic heterocycles. The molecule has 22 heavy (non-hydrogen) atoms. The monoisotopic (exact) mass is 300 g/mol. The van der Waals surface area contributed by atoms with E-state index in [0.29, 0.717) is 12.1 Å². The van der Waals surface area contributed by atoms with Gasteiger partial charge in [0.05, 0.1) is 17.3 Å². The van der Waals surface area contributed by atoms with E-state index in [1.165, 1.54) is 6.33 Å². The number of piperidine rings is 1. The lowest BCUT2D eigenvalue weighted by atomic mass is 10.0. The lowest BCUT2D eigenvalue weighted by molar-refractivity contribution is 0.0669. The third-order valence-corrected chi connectivity index (χ3v) is 4.08. The molecule has 1 aliphatic heterocycles. The Labute approximate surface area is 129 Å². The second kappa shape index (κ2) is 5.82. The smallest absolute Gasteiger partial charge is 0.257 e. The first-order valence-corrected chi connectivity index (χ1v) is 7.52. The molecule has 1 fully saturated rings. The number of aromatic nitrogens is 5. The summed E-state index contributed by atoms with van der Waals surface area (Å²) in [4.78, 5) is 27.0. The molecule has 0 aromatic carbocycles. The van der Waals surface area contributed by atoms with E-state index in [9.17, 15) is 4.79 Å². The van der Waals surface area contributed by atoms with Crippen LogP contribution in [0.4, 0.5) is 0 Å². The van der Waals surface area contributed by atoms with Crippen LogP contribution in [0.25, 0.3) is 0 Å². The highest BCUT2D eigenvalue weighted by atomic mass is 16.2. The third-order valence-electron chi connectivity index (χ3n) is 4.08. The van der Waals surface area contributed by atoms with Crippen molar-refractivity contribution in [2.75, 3.05) is 13.1 Å². The molecule has 3 rings (SSSR count). The molecular formula is C15H20N6O. The van der Waals surface area contributed by atoms with Crippen molar-refractivity contribution in [1.82, 2.24) is 29.6 Å². The van der Waals surface area contributed by atoms with Crippen LogP contribution in [0.1, 0.15) is 46.6 Å². The number of carbonyl (C=O) groups excluding carboxylic acids is 1. The lowest BCUT2D eigenvalue weighted by Gasteiger charge is -2.33. The highest BCUT2D eigenvalue weighted by molar-refractivity contribution is 5.94. The largest absolute Gasteiger partial charge is 0.336 e. The fourth-order valence-corrected chi connectivity index (χ4v) is 2.99. The number of amides is 1. The van der Waals surface area contributed by atoms with Gasteiger partial charge in [-0.3, -0.25) is 4.79 Å². The Morgan fingerprint density at radius 2 is 2.14 bits per heavy atom. The van der Waals surface area contributed by atoms with Crippen molar-refractivity contribution in [3.63, 3.8) is 0 Å². The number of likely N-dealkylation sites (tertiary alicyclic amines) is 1. The van der Waals surface area contributed by atoms with Crippen LogP contribution in [-0.2, 0) is 0 Å². The minimum Gasteiger partial charge on any atom is -0.336 e. The summed E-state index contributed by atoms with van der Waals surface area (Å²) in [6, 6.07) is 0.184. The van der Waals surface area contributed by atoms with Crippen LogP contribution in [0.3, 0.4) is 0 Å². The van der Waals surface area contributed by atoms with Gasteiger partial charge < -0.3 is 4.90 Å². The van der Waals surface area contributed by atoms with E-state index >= 15 is 0 Å². The summed E-state index contributed by atoms with van der Waals surface area (Å²) in [7, 11) is 0. The van der Waals surface area contributed by atoms with E-state index in [-0.39, 0.29) is 11.9 Å². The zero-order valence-electron chi connectivity index (χ0n) is 13.2. The Kier molecular flexibility index (Phi) is 3.87. The van der Waals surface area contributed by atoms with E-state index in [0.717, 1.165) is 36.7 Å². The van der Waals surface area contributed by atoms with Gasteiger partial charge in [-0.2, -0.15) is 5.10 Å². The second-order valence-electron chi connectivity index (χ2n) is 5.72. The SMILES string of the molecule is Cc1nc(C)n([C@@H]2CCCN(C(=O)c3cncnc3C)C2)n1. The van der Waals surface area contributed by atoms with Crippen molar-refractivity contribution in [2.45, 2.75) is 39.7 Å². The number of hydrogen-bond donors (Lipinski definition) is 0. The van der Waals surface area contributed by atoms with Crippen LogP contribution in [0, 0.1) is 20.8 Å². The molecule has 0 N–H and O–H groups in total. The van der Waals surface area contributed by atoms with Gasteiger partial charge in [-0.15, -0.1) is 0 Å². The topological polar surface area (TPSA) is 76.8 Å². The Bertz CT molecular complexity index is 695. The highest BCUT2D eigenvalue weighted by Crippen LogP contribution is 2.23. The van der Waals surface area contributed by atoms with E-state index in [2.05, 4.69) is 20.1 Å². The summed E-state index contributed by atoms with van der Waals surface area (Å²) in [6.07, 6.45) is 5.03. The van der Waals surface area contributed by atoms with Gasteiger partial charge in [-0.1, -0.05) is 0 Å². The summed E-state index contributed by atoms with van der Waals surface area (Å²) in [5.41, 5.74) is 1.30. The maximum Gasteiger partial charge on any atom is 0.257 e. The molecule has 0 unspecified atom stereocenters. The molecule has 3 heterocycles. The van der Waals surface area contributed by atoms with Crippen molar-refractivity contribution in [3.8, 4) is 0 Å². The average molecular weight is 300 g/mol. The van der Waals surface area contributed by atoms with Gasteiger partial charge in [-0.25, -0.2) is 19.6 Å². The average Bonchev–Trinajstić information content (AvgIpc) is 2.86. The van der Waals surface area contributed by atoms with Crippen molar-refractivity contribution in [2.24, 2.45) is 0 Å². The molecule has 1 saturated heterocycles. The molecule has 1 aliphatic rings. The molecule has 1 atom stereocenters. The predicted octanol–water partition coefficient (Wildman–Crippen LogP) is 1.47. The molecule has 2 aromatic rings. The maximum absolute atomic E-state index is 12.7. The van der Waals surface area contributed by atoms with Crippen molar-refractivity contribution >= 4 is 5.91 Å². The normalized spacial score (nSPS) is 18.5. The first kappa shape index (κ1) is 14.6. The van der Waals surface area contributed by atoms with E-state index in [1.54, 1.807) is 6.20 Å². The zero-order valence-corrected chi connectivity index (χ0v) is 13.2. The molecule has 0 radical (unpaired) electrons. The minimum absolute atomic E-state index is 0.00251. The summed E-state index contributed by atoms with van der Waals surface area (Å²) in [6.45, 7) is 7.09. The lowest BCUT2D eigenvalue weighted by Crippen LogP contribution is -2.41. The van der Waals surface area contributed by atoms with Crippen LogP contribution in [0.5, 0.6) is 0 Å². The Balaban J connectivity index is 1.80. The molecular weight excluding hydrogens is 280 g/mol.